The molecule has 234 valence electrons. The number of hydrogen-bond donors (Lipinski definition) is 1. The molecule has 0 amide bonds. The fourth-order valence-corrected chi connectivity index (χ4v) is 6.23. The number of ether oxygens (including phenoxy) is 3. The lowest BCUT2D eigenvalue weighted by Crippen LogP contribution is -2.31. The van der Waals surface area contributed by atoms with Gasteiger partial charge in [0.1, 0.15) is 19.0 Å². The van der Waals surface area contributed by atoms with Crippen LogP contribution < -0.4 is 4.74 Å². The molecular formula is C40H32O7. The minimum absolute atomic E-state index is 0.122. The third-order valence-corrected chi connectivity index (χ3v) is 8.39. The van der Waals surface area contributed by atoms with Crippen molar-refractivity contribution in [3.63, 3.8) is 0 Å². The first-order valence-electron chi connectivity index (χ1n) is 15.1. The van der Waals surface area contributed by atoms with Crippen LogP contribution in [0.3, 0.4) is 0 Å². The quantitative estimate of drug-likeness (QED) is 0.119. The number of carboxylic acid groups (broad SMARTS) is 1. The first-order chi connectivity index (χ1) is 22.8. The van der Waals surface area contributed by atoms with Gasteiger partial charge in [0.2, 0.25) is 0 Å². The van der Waals surface area contributed by atoms with E-state index < -0.39 is 29.4 Å². The molecule has 0 saturated heterocycles. The van der Waals surface area contributed by atoms with E-state index in [-0.39, 0.29) is 24.3 Å². The summed E-state index contributed by atoms with van der Waals surface area (Å²) in [4.78, 5) is 36.4. The number of hydrogen-bond acceptors (Lipinski definition) is 6. The summed E-state index contributed by atoms with van der Waals surface area (Å²) in [6, 6.07) is 39.1. The molecule has 0 fully saturated rings. The van der Waals surface area contributed by atoms with Crippen LogP contribution in [-0.4, -0.2) is 42.3 Å². The van der Waals surface area contributed by atoms with Crippen molar-refractivity contribution in [1.29, 1.82) is 0 Å². The summed E-state index contributed by atoms with van der Waals surface area (Å²) in [6.45, 7) is 5.01. The Morgan fingerprint density at radius 2 is 1.26 bits per heavy atom. The number of esters is 2. The Labute approximate surface area is 272 Å². The summed E-state index contributed by atoms with van der Waals surface area (Å²) in [7, 11) is 0. The molecular weight excluding hydrogens is 592 g/mol. The molecule has 5 aromatic carbocycles. The van der Waals surface area contributed by atoms with E-state index >= 15 is 0 Å². The second kappa shape index (κ2) is 13.2. The van der Waals surface area contributed by atoms with Gasteiger partial charge in [-0.25, -0.2) is 14.4 Å². The maximum Gasteiger partial charge on any atom is 0.339 e. The van der Waals surface area contributed by atoms with Gasteiger partial charge in [0.25, 0.3) is 0 Å². The summed E-state index contributed by atoms with van der Waals surface area (Å²) in [6.07, 6.45) is -0.0260. The van der Waals surface area contributed by atoms with Crippen molar-refractivity contribution in [3.05, 3.63) is 173 Å². The van der Waals surface area contributed by atoms with Crippen LogP contribution in [0.25, 0.3) is 11.1 Å². The van der Waals surface area contributed by atoms with E-state index in [9.17, 15) is 19.5 Å². The van der Waals surface area contributed by atoms with Gasteiger partial charge in [-0.2, -0.15) is 0 Å². The van der Waals surface area contributed by atoms with Crippen molar-refractivity contribution in [2.45, 2.75) is 18.4 Å². The van der Waals surface area contributed by atoms with Crippen LogP contribution in [0.2, 0.25) is 0 Å². The summed E-state index contributed by atoms with van der Waals surface area (Å²) >= 11 is 0. The molecule has 0 saturated carbocycles. The fourth-order valence-electron chi connectivity index (χ4n) is 6.23. The van der Waals surface area contributed by atoms with Crippen LogP contribution in [0.1, 0.15) is 48.5 Å². The van der Waals surface area contributed by atoms with Gasteiger partial charge in [0, 0.05) is 6.08 Å². The first kappa shape index (κ1) is 31.0. The van der Waals surface area contributed by atoms with Crippen molar-refractivity contribution in [2.24, 2.45) is 0 Å². The molecule has 1 N–H and O–H groups in total. The van der Waals surface area contributed by atoms with Crippen LogP contribution in [0.15, 0.2) is 134 Å². The Morgan fingerprint density at radius 3 is 1.83 bits per heavy atom. The van der Waals surface area contributed by atoms with Crippen molar-refractivity contribution in [1.82, 2.24) is 0 Å². The Morgan fingerprint density at radius 1 is 0.723 bits per heavy atom. The van der Waals surface area contributed by atoms with Gasteiger partial charge in [-0.15, -0.1) is 0 Å². The predicted octanol–water partition coefficient (Wildman–Crippen LogP) is 7.39. The molecule has 1 unspecified atom stereocenters. The number of carbonyl (C=O) groups excluding carboxylic acids is 2. The summed E-state index contributed by atoms with van der Waals surface area (Å²) in [5.74, 6) is -2.33. The molecule has 7 nitrogen and oxygen atoms in total. The van der Waals surface area contributed by atoms with Gasteiger partial charge in [-0.05, 0) is 64.6 Å². The normalized spacial score (nSPS) is 13.0. The minimum atomic E-state index is -1.26. The van der Waals surface area contributed by atoms with Gasteiger partial charge >= 0.3 is 17.9 Å². The molecule has 7 heteroatoms. The van der Waals surface area contributed by atoms with Crippen LogP contribution in [0.5, 0.6) is 5.75 Å². The number of aromatic carboxylic acids is 1. The lowest BCUT2D eigenvalue weighted by molar-refractivity contribution is -0.141. The monoisotopic (exact) mass is 624 g/mol. The topological polar surface area (TPSA) is 99.1 Å². The number of aryl methyl sites for hydroxylation is 1. The fraction of sp³-hybridized carbons (Fsp3) is 0.125. The Bertz CT molecular complexity index is 1910. The van der Waals surface area contributed by atoms with Gasteiger partial charge in [0.05, 0.1) is 16.5 Å². The summed E-state index contributed by atoms with van der Waals surface area (Å²) < 4.78 is 16.8. The number of benzene rings is 5. The molecule has 0 spiro atoms. The van der Waals surface area contributed by atoms with E-state index in [1.165, 1.54) is 46.0 Å². The molecule has 0 aliphatic heterocycles. The smallest absolute Gasteiger partial charge is 0.339 e. The highest BCUT2D eigenvalue weighted by Gasteiger charge is 2.45. The maximum atomic E-state index is 13.0. The average Bonchev–Trinajstić information content (AvgIpc) is 3.41. The molecule has 1 aliphatic carbocycles. The zero-order valence-corrected chi connectivity index (χ0v) is 25.7. The Hall–Kier alpha value is -5.95. The largest absolute Gasteiger partial charge is 0.490 e. The molecule has 5 aromatic rings. The summed E-state index contributed by atoms with van der Waals surface area (Å²) in [5.41, 5.74) is 7.25. The molecule has 0 aromatic heterocycles. The zero-order chi connectivity index (χ0) is 33.0. The minimum Gasteiger partial charge on any atom is -0.490 e. The van der Waals surface area contributed by atoms with E-state index in [2.05, 4.69) is 86.3 Å². The second-order valence-corrected chi connectivity index (χ2v) is 11.3. The lowest BCUT2D eigenvalue weighted by atomic mass is 9.67. The van der Waals surface area contributed by atoms with Crippen molar-refractivity contribution in [2.75, 3.05) is 13.2 Å². The standard InChI is InChI=1S/C40H32O7/c1-3-37(41)46-25-30(47-39(44)34-13-5-4-12-33(34)38(42)43)24-45-29-22-20-28(21-23-29)40(27-18-16-26(2)17-19-27)35-14-8-6-10-31(35)32-11-7-9-15-36(32)40/h3-23,30H,1,24-25H2,2H3,(H,42,43). The third-order valence-electron chi connectivity index (χ3n) is 8.39. The highest BCUT2D eigenvalue weighted by Crippen LogP contribution is 2.56. The number of carboxylic acids is 1. The Balaban J connectivity index is 1.30. The van der Waals surface area contributed by atoms with E-state index in [0.29, 0.717) is 5.75 Å². The lowest BCUT2D eigenvalue weighted by Gasteiger charge is -2.34. The van der Waals surface area contributed by atoms with Crippen molar-refractivity contribution < 1.29 is 33.7 Å². The van der Waals surface area contributed by atoms with Crippen molar-refractivity contribution in [3.8, 4) is 16.9 Å². The van der Waals surface area contributed by atoms with E-state index in [1.54, 1.807) is 6.07 Å². The second-order valence-electron chi connectivity index (χ2n) is 11.3. The highest BCUT2D eigenvalue weighted by molar-refractivity contribution is 6.02. The van der Waals surface area contributed by atoms with Crippen LogP contribution in [-0.2, 0) is 19.7 Å². The average molecular weight is 625 g/mol. The van der Waals surface area contributed by atoms with Crippen molar-refractivity contribution >= 4 is 17.9 Å². The van der Waals surface area contributed by atoms with Crippen LogP contribution >= 0.6 is 0 Å². The SMILES string of the molecule is C=CC(=O)OCC(COc1ccc(C2(c3ccc(C)cc3)c3ccccc3-c3ccccc32)cc1)OC(=O)c1ccccc1C(=O)O. The van der Waals surface area contributed by atoms with Gasteiger partial charge in [-0.1, -0.05) is 109 Å². The van der Waals surface area contributed by atoms with Gasteiger partial charge in [-0.3, -0.25) is 0 Å². The number of carbonyl (C=O) groups is 3. The first-order valence-corrected chi connectivity index (χ1v) is 15.1. The Kier molecular flexibility index (Phi) is 8.71. The predicted molar refractivity (Wildman–Crippen MR) is 178 cm³/mol. The van der Waals surface area contributed by atoms with E-state index in [4.69, 9.17) is 14.2 Å². The molecule has 47 heavy (non-hydrogen) atoms. The third kappa shape index (κ3) is 5.91. The van der Waals surface area contributed by atoms with E-state index in [0.717, 1.165) is 17.2 Å². The van der Waals surface area contributed by atoms with Gasteiger partial charge < -0.3 is 19.3 Å². The van der Waals surface area contributed by atoms with E-state index in [1.807, 2.05) is 24.3 Å². The molecule has 6 rings (SSSR count). The van der Waals surface area contributed by atoms with Crippen LogP contribution in [0, 0.1) is 6.92 Å². The zero-order valence-electron chi connectivity index (χ0n) is 25.7. The van der Waals surface area contributed by atoms with Crippen LogP contribution in [0.4, 0.5) is 0 Å². The number of rotatable bonds is 11. The number of fused-ring (bicyclic) bond motifs is 3. The van der Waals surface area contributed by atoms with Gasteiger partial charge in [0.15, 0.2) is 6.10 Å². The summed E-state index contributed by atoms with van der Waals surface area (Å²) in [5, 5.41) is 9.51. The molecule has 0 radical (unpaired) electrons. The molecule has 1 aliphatic rings. The highest BCUT2D eigenvalue weighted by atomic mass is 16.6. The molecule has 1 atom stereocenters. The maximum absolute atomic E-state index is 13.0. The molecule has 0 bridgehead atoms. The molecule has 0 heterocycles.